The van der Waals surface area contributed by atoms with Gasteiger partial charge in [0.15, 0.2) is 9.84 Å². The molecule has 0 aliphatic carbocycles. The third-order valence-corrected chi connectivity index (χ3v) is 2.11. The topological polar surface area (TPSA) is 56.3 Å². The molecular formula is C9H11NO3S. The Morgan fingerprint density at radius 2 is 2.14 bits per heavy atom. The monoisotopic (exact) mass is 213 g/mol. The van der Waals surface area contributed by atoms with Crippen molar-refractivity contribution >= 4 is 15.9 Å². The first kappa shape index (κ1) is 10.7. The van der Waals surface area contributed by atoms with Gasteiger partial charge in [-0.25, -0.2) is 8.42 Å². The number of ether oxygens (including phenoxy) is 1. The summed E-state index contributed by atoms with van der Waals surface area (Å²) in [7, 11) is -1.55. The number of nitrogens with zero attached hydrogens (tertiary/aromatic N) is 1. The summed E-state index contributed by atoms with van der Waals surface area (Å²) >= 11 is 0. The Balaban J connectivity index is 2.84. The summed E-state index contributed by atoms with van der Waals surface area (Å²) < 4.78 is 26.5. The minimum Gasteiger partial charge on any atom is -0.495 e. The largest absolute Gasteiger partial charge is 0.495 e. The third kappa shape index (κ3) is 3.57. The first-order valence-electron chi connectivity index (χ1n) is 3.89. The Bertz CT molecular complexity index is 420. The highest BCUT2D eigenvalue weighted by molar-refractivity contribution is 7.93. The number of aromatic nitrogens is 1. The van der Waals surface area contributed by atoms with Crippen LogP contribution in [0.25, 0.3) is 6.08 Å². The Morgan fingerprint density at radius 3 is 2.57 bits per heavy atom. The van der Waals surface area contributed by atoms with Crippen LogP contribution >= 0.6 is 0 Å². The Labute approximate surface area is 83.2 Å². The van der Waals surface area contributed by atoms with Crippen LogP contribution in [0.4, 0.5) is 0 Å². The molecule has 0 radical (unpaired) electrons. The van der Waals surface area contributed by atoms with Gasteiger partial charge in [0, 0.05) is 11.7 Å². The molecule has 5 heteroatoms. The molecule has 14 heavy (non-hydrogen) atoms. The van der Waals surface area contributed by atoms with Gasteiger partial charge in [-0.15, -0.1) is 0 Å². The summed E-state index contributed by atoms with van der Waals surface area (Å²) in [4.78, 5) is 3.98. The summed E-state index contributed by atoms with van der Waals surface area (Å²) in [5, 5.41) is 1.11. The Kier molecular flexibility index (Phi) is 3.24. The van der Waals surface area contributed by atoms with Gasteiger partial charge in [-0.1, -0.05) is 0 Å². The molecule has 0 unspecified atom stereocenters. The van der Waals surface area contributed by atoms with Crippen molar-refractivity contribution in [3.63, 3.8) is 0 Å². The minimum absolute atomic E-state index is 0.580. The highest BCUT2D eigenvalue weighted by atomic mass is 32.2. The van der Waals surface area contributed by atoms with E-state index in [1.54, 1.807) is 19.2 Å². The van der Waals surface area contributed by atoms with E-state index in [0.29, 0.717) is 11.4 Å². The number of sulfone groups is 1. The maximum Gasteiger partial charge on any atom is 0.168 e. The number of hydrogen-bond donors (Lipinski definition) is 0. The van der Waals surface area contributed by atoms with Gasteiger partial charge in [0.1, 0.15) is 5.75 Å². The molecular weight excluding hydrogens is 202 g/mol. The second-order valence-corrected chi connectivity index (χ2v) is 4.69. The smallest absolute Gasteiger partial charge is 0.168 e. The van der Waals surface area contributed by atoms with Crippen LogP contribution in [0.2, 0.25) is 0 Å². The molecule has 0 fully saturated rings. The lowest BCUT2D eigenvalue weighted by molar-refractivity contribution is 0.413. The molecule has 0 saturated heterocycles. The van der Waals surface area contributed by atoms with E-state index >= 15 is 0 Å². The minimum atomic E-state index is -3.09. The van der Waals surface area contributed by atoms with Gasteiger partial charge in [0.2, 0.25) is 0 Å². The lowest BCUT2D eigenvalue weighted by Gasteiger charge is -1.97. The van der Waals surface area contributed by atoms with E-state index in [4.69, 9.17) is 4.74 Å². The van der Waals surface area contributed by atoms with Crippen LogP contribution in [0.5, 0.6) is 5.75 Å². The van der Waals surface area contributed by atoms with Crippen molar-refractivity contribution in [1.29, 1.82) is 0 Å². The van der Waals surface area contributed by atoms with Crippen molar-refractivity contribution in [2.75, 3.05) is 13.4 Å². The molecule has 1 aromatic rings. The molecule has 0 atom stereocenters. The van der Waals surface area contributed by atoms with E-state index in [9.17, 15) is 8.42 Å². The molecule has 0 saturated carbocycles. The first-order valence-corrected chi connectivity index (χ1v) is 5.85. The van der Waals surface area contributed by atoms with Gasteiger partial charge in [-0.3, -0.25) is 4.98 Å². The van der Waals surface area contributed by atoms with Crippen molar-refractivity contribution < 1.29 is 13.2 Å². The summed E-state index contributed by atoms with van der Waals surface area (Å²) in [6.07, 6.45) is 4.10. The third-order valence-electron chi connectivity index (χ3n) is 1.48. The molecule has 0 N–H and O–H groups in total. The van der Waals surface area contributed by atoms with Crippen LogP contribution in [-0.2, 0) is 9.84 Å². The number of rotatable bonds is 3. The number of hydrogen-bond acceptors (Lipinski definition) is 4. The van der Waals surface area contributed by atoms with Crippen molar-refractivity contribution in [3.8, 4) is 5.75 Å². The zero-order chi connectivity index (χ0) is 10.6. The predicted octanol–water partition coefficient (Wildman–Crippen LogP) is 1.11. The molecule has 0 aromatic carbocycles. The molecule has 4 nitrogen and oxygen atoms in total. The van der Waals surface area contributed by atoms with Gasteiger partial charge in [-0.2, -0.15) is 0 Å². The first-order chi connectivity index (χ1) is 6.51. The number of pyridine rings is 1. The van der Waals surface area contributed by atoms with Crippen LogP contribution in [0, 0.1) is 0 Å². The fourth-order valence-electron chi connectivity index (χ4n) is 0.804. The molecule has 1 aromatic heterocycles. The predicted molar refractivity (Wildman–Crippen MR) is 54.7 cm³/mol. The fraction of sp³-hybridized carbons (Fsp3) is 0.222. The van der Waals surface area contributed by atoms with Crippen molar-refractivity contribution in [2.45, 2.75) is 0 Å². The Hall–Kier alpha value is -1.36. The maximum atomic E-state index is 10.8. The molecule has 1 heterocycles. The van der Waals surface area contributed by atoms with Crippen LogP contribution in [0.1, 0.15) is 5.69 Å². The molecule has 1 rings (SSSR count). The van der Waals surface area contributed by atoms with Crippen molar-refractivity contribution in [1.82, 2.24) is 4.98 Å². The van der Waals surface area contributed by atoms with E-state index in [2.05, 4.69) is 4.98 Å². The summed E-state index contributed by atoms with van der Waals surface area (Å²) in [5.74, 6) is 0.640. The Morgan fingerprint density at radius 1 is 1.43 bits per heavy atom. The van der Waals surface area contributed by atoms with Gasteiger partial charge < -0.3 is 4.74 Å². The quantitative estimate of drug-likeness (QED) is 0.754. The van der Waals surface area contributed by atoms with Crippen molar-refractivity contribution in [3.05, 3.63) is 29.4 Å². The highest BCUT2D eigenvalue weighted by Crippen LogP contribution is 2.09. The molecule has 0 spiro atoms. The SMILES string of the molecule is COc1ccc(C=CS(C)(=O)=O)nc1. The maximum absolute atomic E-state index is 10.8. The summed E-state index contributed by atoms with van der Waals surface area (Å²) in [6, 6.07) is 3.40. The number of methoxy groups -OCH3 is 1. The standard InChI is InChI=1S/C9H11NO3S/c1-13-9-4-3-8(10-7-9)5-6-14(2,11)12/h3-7H,1-2H3. The summed E-state index contributed by atoms with van der Waals surface area (Å²) in [5.41, 5.74) is 0.580. The zero-order valence-electron chi connectivity index (χ0n) is 7.97. The normalized spacial score (nSPS) is 11.9. The van der Waals surface area contributed by atoms with E-state index in [0.717, 1.165) is 11.7 Å². The van der Waals surface area contributed by atoms with Gasteiger partial charge in [0.25, 0.3) is 0 Å². The second kappa shape index (κ2) is 4.23. The molecule has 0 aliphatic heterocycles. The molecule has 0 aliphatic rings. The fourth-order valence-corrected chi connectivity index (χ4v) is 1.19. The molecule has 76 valence electrons. The van der Waals surface area contributed by atoms with Gasteiger partial charge in [0.05, 0.1) is 19.0 Å². The second-order valence-electron chi connectivity index (χ2n) is 2.76. The van der Waals surface area contributed by atoms with E-state index < -0.39 is 9.84 Å². The average Bonchev–Trinajstić information content (AvgIpc) is 2.14. The van der Waals surface area contributed by atoms with Crippen LogP contribution in [-0.4, -0.2) is 26.8 Å². The lowest BCUT2D eigenvalue weighted by Crippen LogP contribution is -1.89. The van der Waals surface area contributed by atoms with Crippen molar-refractivity contribution in [2.24, 2.45) is 0 Å². The van der Waals surface area contributed by atoms with Gasteiger partial charge in [-0.05, 0) is 18.2 Å². The molecule has 0 amide bonds. The van der Waals surface area contributed by atoms with Crippen LogP contribution in [0.3, 0.4) is 0 Å². The van der Waals surface area contributed by atoms with E-state index in [1.165, 1.54) is 12.3 Å². The highest BCUT2D eigenvalue weighted by Gasteiger charge is 1.95. The van der Waals surface area contributed by atoms with Crippen LogP contribution in [0.15, 0.2) is 23.7 Å². The van der Waals surface area contributed by atoms with Crippen LogP contribution < -0.4 is 4.74 Å². The lowest BCUT2D eigenvalue weighted by atomic mass is 10.3. The van der Waals surface area contributed by atoms with E-state index in [1.807, 2.05) is 0 Å². The van der Waals surface area contributed by atoms with E-state index in [-0.39, 0.29) is 0 Å². The average molecular weight is 213 g/mol. The zero-order valence-corrected chi connectivity index (χ0v) is 8.78. The molecule has 0 bridgehead atoms. The van der Waals surface area contributed by atoms with Gasteiger partial charge >= 0.3 is 0 Å². The summed E-state index contributed by atoms with van der Waals surface area (Å²) in [6.45, 7) is 0.